The van der Waals surface area contributed by atoms with E-state index in [2.05, 4.69) is 20.3 Å². The van der Waals surface area contributed by atoms with Crippen LogP contribution in [0.3, 0.4) is 0 Å². The first-order valence-electron chi connectivity index (χ1n) is 9.60. The van der Waals surface area contributed by atoms with Gasteiger partial charge in [-0.25, -0.2) is 9.36 Å². The first-order valence-corrected chi connectivity index (χ1v) is 11.2. The Bertz CT molecular complexity index is 631. The van der Waals surface area contributed by atoms with Gasteiger partial charge in [-0.2, -0.15) is 6.42 Å². The molecule has 0 aliphatic carbocycles. The number of cyclic esters (lactones) is 1. The standard InChI is InChI=1S/C21H31O3.Na.H3O4P/c1-5-6-7-8-9-13-19(22)16(2)11-10-12-17(3)21-18(4)14-15-20(23)24-21;;1-5(2,3)4/h5-9,11,13-19,21-22H,10,12H2,1-4H3;;(H3,1,2,3,4)/q-1;+1;/b6-5+,8-7-,13-9-;;/t16-,17+,18+,19+,21+;;/m1../s1. The summed E-state index contributed by atoms with van der Waals surface area (Å²) in [6, 6.07) is 0. The van der Waals surface area contributed by atoms with Crippen molar-refractivity contribution in [2.45, 2.75) is 52.7 Å². The van der Waals surface area contributed by atoms with Gasteiger partial charge in [0.25, 0.3) is 0 Å². The Labute approximate surface area is 202 Å². The second-order valence-corrected chi connectivity index (χ2v) is 8.10. The molecule has 166 valence electrons. The van der Waals surface area contributed by atoms with Crippen LogP contribution >= 0.6 is 7.82 Å². The maximum atomic E-state index is 11.4. The quantitative estimate of drug-likeness (QED) is 0.132. The fourth-order valence-corrected chi connectivity index (χ4v) is 2.77. The number of hydrogen-bond donors (Lipinski definition) is 4. The molecule has 1 aliphatic rings. The van der Waals surface area contributed by atoms with Crippen molar-refractivity contribution in [1.82, 2.24) is 0 Å². The van der Waals surface area contributed by atoms with Gasteiger partial charge in [0, 0.05) is 18.1 Å². The van der Waals surface area contributed by atoms with Gasteiger partial charge >= 0.3 is 43.3 Å². The predicted molar refractivity (Wildman–Crippen MR) is 113 cm³/mol. The number of allylic oxidation sites excluding steroid dienone is 5. The molecule has 0 fully saturated rings. The SMILES string of the molecule is C/C=C/C=C\C=C/[C@H](O)[C@H](C)[CH-]CC[C@H](C)[C@@H]1OC(=O)C=C[C@@H]1C.O=P(O)(O)O.[Na+]. The van der Waals surface area contributed by atoms with Crippen LogP contribution in [0.15, 0.2) is 48.6 Å². The fraction of sp³-hybridized carbons (Fsp3) is 0.524. The van der Waals surface area contributed by atoms with Crippen molar-refractivity contribution in [3.63, 3.8) is 0 Å². The van der Waals surface area contributed by atoms with E-state index in [1.807, 2.05) is 50.3 Å². The van der Waals surface area contributed by atoms with Crippen molar-refractivity contribution in [2.24, 2.45) is 17.8 Å². The van der Waals surface area contributed by atoms with Crippen LogP contribution in [0, 0.1) is 24.2 Å². The molecule has 4 N–H and O–H groups in total. The molecule has 0 radical (unpaired) electrons. The third kappa shape index (κ3) is 17.2. The summed E-state index contributed by atoms with van der Waals surface area (Å²) in [7, 11) is -4.64. The van der Waals surface area contributed by atoms with Crippen LogP contribution in [-0.4, -0.2) is 38.0 Å². The number of hydrogen-bond acceptors (Lipinski definition) is 4. The molecule has 0 bridgehead atoms. The van der Waals surface area contributed by atoms with Gasteiger partial charge in [-0.3, -0.25) is 0 Å². The van der Waals surface area contributed by atoms with E-state index in [1.54, 1.807) is 6.08 Å². The summed E-state index contributed by atoms with van der Waals surface area (Å²) >= 11 is 0. The first kappa shape index (κ1) is 31.7. The second kappa shape index (κ2) is 17.1. The first-order chi connectivity index (χ1) is 13.5. The molecular formula is C21H34NaO7P. The van der Waals surface area contributed by atoms with Gasteiger partial charge in [-0.05, 0) is 12.8 Å². The van der Waals surface area contributed by atoms with E-state index in [0.29, 0.717) is 5.92 Å². The molecule has 0 aromatic carbocycles. The van der Waals surface area contributed by atoms with Crippen molar-refractivity contribution >= 4 is 13.8 Å². The molecule has 0 saturated carbocycles. The van der Waals surface area contributed by atoms with Crippen LogP contribution in [0.4, 0.5) is 0 Å². The van der Waals surface area contributed by atoms with Gasteiger partial charge in [-0.1, -0.05) is 69.7 Å². The van der Waals surface area contributed by atoms with Crippen LogP contribution in [0.5, 0.6) is 0 Å². The summed E-state index contributed by atoms with van der Waals surface area (Å²) in [5, 5.41) is 10.1. The summed E-state index contributed by atoms with van der Waals surface area (Å²) in [6.07, 6.45) is 18.3. The zero-order valence-corrected chi connectivity index (χ0v) is 21.4. The average Bonchev–Trinajstić information content (AvgIpc) is 2.61. The van der Waals surface area contributed by atoms with E-state index in [1.165, 1.54) is 6.08 Å². The molecule has 1 aliphatic heterocycles. The van der Waals surface area contributed by atoms with Crippen molar-refractivity contribution < 1.29 is 63.4 Å². The molecule has 1 heterocycles. The molecule has 0 unspecified atom stereocenters. The summed E-state index contributed by atoms with van der Waals surface area (Å²) in [5.74, 6) is 0.407. The van der Waals surface area contributed by atoms with Gasteiger partial charge in [0.2, 0.25) is 0 Å². The molecule has 30 heavy (non-hydrogen) atoms. The molecule has 0 aromatic heterocycles. The van der Waals surface area contributed by atoms with Crippen molar-refractivity contribution in [3.05, 3.63) is 55.0 Å². The third-order valence-corrected chi connectivity index (χ3v) is 4.40. The van der Waals surface area contributed by atoms with Gasteiger partial charge in [0.1, 0.15) is 6.10 Å². The Morgan fingerprint density at radius 2 is 1.77 bits per heavy atom. The number of esters is 1. The molecule has 7 nitrogen and oxygen atoms in total. The minimum absolute atomic E-state index is 0. The summed E-state index contributed by atoms with van der Waals surface area (Å²) < 4.78 is 14.3. The number of phosphoric acid groups is 1. The minimum Gasteiger partial charge on any atom is -0.458 e. The molecule has 0 aromatic rings. The van der Waals surface area contributed by atoms with Crippen molar-refractivity contribution in [2.75, 3.05) is 0 Å². The molecule has 0 spiro atoms. The van der Waals surface area contributed by atoms with Gasteiger partial charge < -0.3 is 30.9 Å². The Kier molecular flexibility index (Phi) is 18.1. The van der Waals surface area contributed by atoms with Crippen LogP contribution in [0.1, 0.15) is 40.5 Å². The fourth-order valence-electron chi connectivity index (χ4n) is 2.77. The third-order valence-electron chi connectivity index (χ3n) is 4.40. The topological polar surface area (TPSA) is 124 Å². The van der Waals surface area contributed by atoms with E-state index >= 15 is 0 Å². The number of carbonyl (C=O) groups excluding carboxylic acids is 1. The van der Waals surface area contributed by atoms with Gasteiger partial charge in [0.15, 0.2) is 0 Å². The van der Waals surface area contributed by atoms with Crippen molar-refractivity contribution in [3.8, 4) is 0 Å². The summed E-state index contributed by atoms with van der Waals surface area (Å²) in [4.78, 5) is 33.0. The Morgan fingerprint density at radius 3 is 2.33 bits per heavy atom. The Hall–Kier alpha value is -0.500. The molecule has 1 rings (SSSR count). The van der Waals surface area contributed by atoms with Crippen molar-refractivity contribution in [1.29, 1.82) is 0 Å². The predicted octanol–water partition coefficient (Wildman–Crippen LogP) is 0.486. The minimum atomic E-state index is -4.64. The molecular weight excluding hydrogens is 418 g/mol. The molecule has 5 atom stereocenters. The van der Waals surface area contributed by atoms with E-state index in [9.17, 15) is 9.90 Å². The van der Waals surface area contributed by atoms with E-state index < -0.39 is 13.9 Å². The van der Waals surface area contributed by atoms with E-state index in [4.69, 9.17) is 24.0 Å². The summed E-state index contributed by atoms with van der Waals surface area (Å²) in [6.45, 7) is 8.17. The zero-order chi connectivity index (χ0) is 22.4. The van der Waals surface area contributed by atoms with Gasteiger partial charge in [-0.15, -0.1) is 5.92 Å². The summed E-state index contributed by atoms with van der Waals surface area (Å²) in [5.41, 5.74) is 0. The smallest absolute Gasteiger partial charge is 0.458 e. The van der Waals surface area contributed by atoms with Crippen LogP contribution in [0.2, 0.25) is 0 Å². The van der Waals surface area contributed by atoms with E-state index in [0.717, 1.165) is 12.8 Å². The van der Waals surface area contributed by atoms with Crippen LogP contribution in [0.25, 0.3) is 0 Å². The maximum Gasteiger partial charge on any atom is 1.00 e. The Balaban J connectivity index is 0. The number of aliphatic hydroxyl groups excluding tert-OH is 1. The number of carbonyl (C=O) groups is 1. The van der Waals surface area contributed by atoms with Gasteiger partial charge in [0.05, 0.1) is 0 Å². The largest absolute Gasteiger partial charge is 1.00 e. The van der Waals surface area contributed by atoms with Crippen LogP contribution < -0.4 is 29.6 Å². The normalized spacial score (nSPS) is 22.3. The monoisotopic (exact) mass is 452 g/mol. The molecule has 0 amide bonds. The number of rotatable bonds is 9. The molecule has 9 heteroatoms. The van der Waals surface area contributed by atoms with Crippen LogP contribution in [-0.2, 0) is 14.1 Å². The number of ether oxygens (including phenoxy) is 1. The zero-order valence-electron chi connectivity index (χ0n) is 18.5. The Morgan fingerprint density at radius 1 is 1.20 bits per heavy atom. The van der Waals surface area contributed by atoms with E-state index in [-0.39, 0.29) is 53.5 Å². The second-order valence-electron chi connectivity index (χ2n) is 7.07. The average molecular weight is 452 g/mol. The number of aliphatic hydroxyl groups is 1. The maximum absolute atomic E-state index is 11.4. The molecule has 0 saturated heterocycles.